The highest BCUT2D eigenvalue weighted by atomic mass is 16.5. The van der Waals surface area contributed by atoms with Gasteiger partial charge in [-0.2, -0.15) is 0 Å². The Hall–Kier alpha value is -2.93. The Morgan fingerprint density at radius 1 is 1.38 bits per heavy atom. The van der Waals surface area contributed by atoms with Gasteiger partial charge in [-0.25, -0.2) is 0 Å². The molecule has 2 aliphatic heterocycles. The van der Waals surface area contributed by atoms with Gasteiger partial charge in [-0.3, -0.25) is 15.2 Å². The largest absolute Gasteiger partial charge is 0.497 e. The highest BCUT2D eigenvalue weighted by molar-refractivity contribution is 6.18. The molecule has 2 N–H and O–H groups in total. The van der Waals surface area contributed by atoms with Crippen molar-refractivity contribution in [1.29, 1.82) is 5.41 Å². The number of amides is 1. The van der Waals surface area contributed by atoms with Gasteiger partial charge in [0.2, 0.25) is 6.41 Å². The number of nitrogens with zero attached hydrogens (tertiary/aromatic N) is 2. The number of carbonyl (C=O) groups is 1. The van der Waals surface area contributed by atoms with Crippen LogP contribution >= 0.6 is 0 Å². The molecule has 0 saturated carbocycles. The Kier molecular flexibility index (Phi) is 5.76. The molecule has 1 amide bonds. The van der Waals surface area contributed by atoms with Gasteiger partial charge in [-0.05, 0) is 36.4 Å². The zero-order chi connectivity index (χ0) is 20.2. The molecule has 2 aromatic rings. The van der Waals surface area contributed by atoms with Crippen molar-refractivity contribution in [3.63, 3.8) is 0 Å². The molecule has 0 aliphatic carbocycles. The van der Waals surface area contributed by atoms with Crippen LogP contribution in [0.4, 0.5) is 0 Å². The minimum atomic E-state index is 0.341. The fourth-order valence-electron chi connectivity index (χ4n) is 4.01. The third kappa shape index (κ3) is 4.10. The Labute approximate surface area is 170 Å². The first-order chi connectivity index (χ1) is 14.2. The van der Waals surface area contributed by atoms with E-state index >= 15 is 0 Å². The van der Waals surface area contributed by atoms with E-state index in [0.29, 0.717) is 37.0 Å². The van der Waals surface area contributed by atoms with E-state index in [1.54, 1.807) is 24.4 Å². The van der Waals surface area contributed by atoms with Crippen LogP contribution in [0.3, 0.4) is 0 Å². The van der Waals surface area contributed by atoms with Crippen LogP contribution in [0.2, 0.25) is 0 Å². The molecule has 29 heavy (non-hydrogen) atoms. The van der Waals surface area contributed by atoms with E-state index in [4.69, 9.17) is 14.9 Å². The van der Waals surface area contributed by atoms with Gasteiger partial charge in [0.25, 0.3) is 0 Å². The summed E-state index contributed by atoms with van der Waals surface area (Å²) in [7, 11) is 1.63. The molecule has 0 radical (unpaired) electrons. The molecule has 3 heterocycles. The smallest absolute Gasteiger partial charge is 0.210 e. The number of aromatic nitrogens is 1. The van der Waals surface area contributed by atoms with Gasteiger partial charge in [0, 0.05) is 73.4 Å². The Balaban J connectivity index is 1.75. The van der Waals surface area contributed by atoms with Crippen molar-refractivity contribution in [2.45, 2.75) is 25.3 Å². The number of nitrogens with one attached hydrogen (secondary N) is 2. The summed E-state index contributed by atoms with van der Waals surface area (Å²) in [5.41, 5.74) is 3.08. The lowest BCUT2D eigenvalue weighted by Gasteiger charge is -2.33. The van der Waals surface area contributed by atoms with Crippen molar-refractivity contribution in [3.8, 4) is 5.75 Å². The maximum atomic E-state index is 11.4. The first-order valence-corrected chi connectivity index (χ1v) is 9.96. The van der Waals surface area contributed by atoms with Gasteiger partial charge in [0.1, 0.15) is 5.75 Å². The zero-order valence-corrected chi connectivity index (χ0v) is 16.6. The fraction of sp³-hybridized carbons (Fsp3) is 0.409. The van der Waals surface area contributed by atoms with Crippen molar-refractivity contribution in [2.24, 2.45) is 0 Å². The van der Waals surface area contributed by atoms with Crippen molar-refractivity contribution in [2.75, 3.05) is 33.4 Å². The van der Waals surface area contributed by atoms with Gasteiger partial charge in [-0.15, -0.1) is 0 Å². The third-order valence-electron chi connectivity index (χ3n) is 5.66. The number of hydrogen-bond donors (Lipinski definition) is 2. The van der Waals surface area contributed by atoms with Crippen LogP contribution in [0.5, 0.6) is 5.75 Å². The van der Waals surface area contributed by atoms with E-state index in [0.717, 1.165) is 60.1 Å². The van der Waals surface area contributed by atoms with Crippen molar-refractivity contribution >= 4 is 22.9 Å². The van der Waals surface area contributed by atoms with E-state index in [-0.39, 0.29) is 0 Å². The van der Waals surface area contributed by atoms with E-state index < -0.39 is 0 Å². The summed E-state index contributed by atoms with van der Waals surface area (Å²) >= 11 is 0. The number of ether oxygens (including phenoxy) is 2. The first-order valence-electron chi connectivity index (χ1n) is 9.96. The van der Waals surface area contributed by atoms with Crippen LogP contribution in [-0.2, 0) is 9.53 Å². The summed E-state index contributed by atoms with van der Waals surface area (Å²) in [6.45, 7) is 2.59. The highest BCUT2D eigenvalue weighted by Gasteiger charge is 2.25. The topological polar surface area (TPSA) is 87.5 Å². The quantitative estimate of drug-likeness (QED) is 0.581. The zero-order valence-electron chi connectivity index (χ0n) is 16.6. The van der Waals surface area contributed by atoms with E-state index in [1.165, 1.54) is 0 Å². The molecular formula is C22H26N4O3. The normalized spacial score (nSPS) is 18.0. The summed E-state index contributed by atoms with van der Waals surface area (Å²) in [6, 6.07) is 6.09. The second-order valence-electron chi connectivity index (χ2n) is 7.46. The summed E-state index contributed by atoms with van der Waals surface area (Å²) in [5, 5.41) is 14.6. The SMILES string of the molecule is COc1cc(C(=N)C2=C(NC3CCOCC3)CCN(C=O)C2)c2cnccc2c1. The molecule has 7 nitrogen and oxygen atoms in total. The molecule has 1 saturated heterocycles. The highest BCUT2D eigenvalue weighted by Crippen LogP contribution is 2.29. The van der Waals surface area contributed by atoms with Crippen LogP contribution in [0.1, 0.15) is 24.8 Å². The van der Waals surface area contributed by atoms with Crippen LogP contribution in [-0.4, -0.2) is 61.5 Å². The molecule has 0 atom stereocenters. The van der Waals surface area contributed by atoms with Gasteiger partial charge in [-0.1, -0.05) is 0 Å². The molecule has 0 unspecified atom stereocenters. The number of pyridine rings is 1. The third-order valence-corrected chi connectivity index (χ3v) is 5.66. The number of hydrogen-bond acceptors (Lipinski definition) is 6. The number of benzene rings is 1. The molecule has 152 valence electrons. The maximum absolute atomic E-state index is 11.4. The lowest BCUT2D eigenvalue weighted by atomic mass is 9.92. The van der Waals surface area contributed by atoms with Crippen LogP contribution in [0, 0.1) is 5.41 Å². The van der Waals surface area contributed by atoms with E-state index in [2.05, 4.69) is 10.3 Å². The van der Waals surface area contributed by atoms with Gasteiger partial charge < -0.3 is 19.7 Å². The first kappa shape index (κ1) is 19.4. The standard InChI is InChI=1S/C22H26N4O3/c1-28-17-10-15-2-6-24-12-19(15)18(11-17)22(23)20-13-26(14-27)7-3-21(20)25-16-4-8-29-9-5-16/h2,6,10-12,14,16,23,25H,3-5,7-9,13H2,1H3. The molecule has 1 aromatic carbocycles. The molecule has 2 aliphatic rings. The number of rotatable bonds is 6. The minimum absolute atomic E-state index is 0.341. The molecule has 0 bridgehead atoms. The summed E-state index contributed by atoms with van der Waals surface area (Å²) in [5.74, 6) is 0.700. The lowest BCUT2D eigenvalue weighted by molar-refractivity contribution is -0.117. The van der Waals surface area contributed by atoms with Crippen molar-refractivity contribution < 1.29 is 14.3 Å². The molecule has 7 heteroatoms. The van der Waals surface area contributed by atoms with Gasteiger partial charge in [0.15, 0.2) is 0 Å². The van der Waals surface area contributed by atoms with Gasteiger partial charge >= 0.3 is 0 Å². The summed E-state index contributed by atoms with van der Waals surface area (Å²) < 4.78 is 10.9. The van der Waals surface area contributed by atoms with Gasteiger partial charge in [0.05, 0.1) is 12.8 Å². The second-order valence-corrected chi connectivity index (χ2v) is 7.46. The Morgan fingerprint density at radius 3 is 2.97 bits per heavy atom. The average Bonchev–Trinajstić information content (AvgIpc) is 2.78. The van der Waals surface area contributed by atoms with Crippen LogP contribution < -0.4 is 10.1 Å². The molecular weight excluding hydrogens is 368 g/mol. The number of methoxy groups -OCH3 is 1. The Bertz CT molecular complexity index is 950. The second kappa shape index (κ2) is 8.61. The summed E-state index contributed by atoms with van der Waals surface area (Å²) in [6.07, 6.45) is 7.01. The predicted molar refractivity (Wildman–Crippen MR) is 111 cm³/mol. The molecule has 1 fully saturated rings. The van der Waals surface area contributed by atoms with Crippen molar-refractivity contribution in [1.82, 2.24) is 15.2 Å². The molecule has 0 spiro atoms. The maximum Gasteiger partial charge on any atom is 0.210 e. The molecule has 1 aromatic heterocycles. The van der Waals surface area contributed by atoms with E-state index in [1.807, 2.05) is 18.2 Å². The van der Waals surface area contributed by atoms with Crippen LogP contribution in [0.25, 0.3) is 10.8 Å². The average molecular weight is 394 g/mol. The molecule has 4 rings (SSSR count). The minimum Gasteiger partial charge on any atom is -0.497 e. The van der Waals surface area contributed by atoms with E-state index in [9.17, 15) is 4.79 Å². The van der Waals surface area contributed by atoms with Crippen LogP contribution in [0.15, 0.2) is 41.9 Å². The Morgan fingerprint density at radius 2 is 2.21 bits per heavy atom. The lowest BCUT2D eigenvalue weighted by Crippen LogP contribution is -2.41. The van der Waals surface area contributed by atoms with Crippen molar-refractivity contribution in [3.05, 3.63) is 47.4 Å². The monoisotopic (exact) mass is 394 g/mol. The number of carbonyl (C=O) groups excluding carboxylic acids is 1. The predicted octanol–water partition coefficient (Wildman–Crippen LogP) is 2.50. The summed E-state index contributed by atoms with van der Waals surface area (Å²) in [4.78, 5) is 17.4. The fourth-order valence-corrected chi connectivity index (χ4v) is 4.01. The number of fused-ring (bicyclic) bond motifs is 1.